The summed E-state index contributed by atoms with van der Waals surface area (Å²) < 4.78 is 11.3. The normalized spacial score (nSPS) is 12.2. The molecule has 2 aromatic carbocycles. The van der Waals surface area contributed by atoms with E-state index in [4.69, 9.17) is 44.3 Å². The van der Waals surface area contributed by atoms with Crippen molar-refractivity contribution < 1.29 is 14.3 Å². The Bertz CT molecular complexity index is 712. The average Bonchev–Trinajstić information content (AvgIpc) is 2.50. The molecule has 23 heavy (non-hydrogen) atoms. The summed E-state index contributed by atoms with van der Waals surface area (Å²) in [4.78, 5) is 10.7. The van der Waals surface area contributed by atoms with E-state index in [-0.39, 0.29) is 6.10 Å². The standard InChI is InChI=1S/C17H13Cl3O3/c1-11(2-9-17(20)21)22-13-4-6-14(7-5-13)23-16-8-3-12(18)10-15(16)19/h2-11H,1H3/b9-2+. The van der Waals surface area contributed by atoms with Gasteiger partial charge in [0.15, 0.2) is 0 Å². The van der Waals surface area contributed by atoms with Crippen molar-refractivity contribution in [2.75, 3.05) is 0 Å². The van der Waals surface area contributed by atoms with Crippen LogP contribution in [0, 0.1) is 0 Å². The molecular formula is C17H13Cl3O3. The first-order valence-electron chi connectivity index (χ1n) is 6.71. The van der Waals surface area contributed by atoms with Gasteiger partial charge in [-0.2, -0.15) is 0 Å². The average molecular weight is 372 g/mol. The van der Waals surface area contributed by atoms with Crippen LogP contribution in [0.25, 0.3) is 0 Å². The minimum absolute atomic E-state index is 0.282. The molecule has 6 heteroatoms. The number of carbonyl (C=O) groups is 1. The van der Waals surface area contributed by atoms with E-state index in [2.05, 4.69) is 0 Å². The van der Waals surface area contributed by atoms with Gasteiger partial charge in [-0.1, -0.05) is 23.2 Å². The molecule has 0 radical (unpaired) electrons. The largest absolute Gasteiger partial charge is 0.487 e. The second-order valence-electron chi connectivity index (χ2n) is 4.63. The van der Waals surface area contributed by atoms with Crippen LogP contribution in [-0.2, 0) is 4.79 Å². The number of hydrogen-bond acceptors (Lipinski definition) is 3. The molecule has 0 amide bonds. The van der Waals surface area contributed by atoms with Crippen molar-refractivity contribution in [1.29, 1.82) is 0 Å². The lowest BCUT2D eigenvalue weighted by Crippen LogP contribution is -2.08. The number of benzene rings is 2. The Morgan fingerprint density at radius 2 is 1.74 bits per heavy atom. The van der Waals surface area contributed by atoms with Gasteiger partial charge in [0.05, 0.1) is 5.02 Å². The van der Waals surface area contributed by atoms with Crippen molar-refractivity contribution in [2.45, 2.75) is 13.0 Å². The molecule has 0 aliphatic carbocycles. The van der Waals surface area contributed by atoms with Crippen LogP contribution in [0.2, 0.25) is 10.0 Å². The zero-order valence-corrected chi connectivity index (χ0v) is 14.4. The smallest absolute Gasteiger partial charge is 0.244 e. The van der Waals surface area contributed by atoms with Crippen molar-refractivity contribution in [1.82, 2.24) is 0 Å². The highest BCUT2D eigenvalue weighted by Crippen LogP contribution is 2.32. The molecule has 1 atom stereocenters. The monoisotopic (exact) mass is 370 g/mol. The number of allylic oxidation sites excluding steroid dienone is 1. The highest BCUT2D eigenvalue weighted by atomic mass is 35.5. The summed E-state index contributed by atoms with van der Waals surface area (Å²) in [6, 6.07) is 12.0. The topological polar surface area (TPSA) is 35.5 Å². The Labute approximate surface area is 149 Å². The molecule has 3 nitrogen and oxygen atoms in total. The molecule has 0 fully saturated rings. The molecule has 0 heterocycles. The quantitative estimate of drug-likeness (QED) is 0.470. The first-order chi connectivity index (χ1) is 10.9. The number of rotatable bonds is 6. The molecule has 0 bridgehead atoms. The molecule has 1 unspecified atom stereocenters. The third-order valence-corrected chi connectivity index (χ3v) is 3.42. The number of ether oxygens (including phenoxy) is 2. The van der Waals surface area contributed by atoms with Gasteiger partial charge in [0.25, 0.3) is 0 Å². The van der Waals surface area contributed by atoms with E-state index in [9.17, 15) is 4.79 Å². The van der Waals surface area contributed by atoms with Gasteiger partial charge >= 0.3 is 0 Å². The van der Waals surface area contributed by atoms with Crippen LogP contribution < -0.4 is 9.47 Å². The molecule has 0 N–H and O–H groups in total. The van der Waals surface area contributed by atoms with E-state index >= 15 is 0 Å². The van der Waals surface area contributed by atoms with Crippen molar-refractivity contribution >= 4 is 40.0 Å². The van der Waals surface area contributed by atoms with Crippen LogP contribution in [-0.4, -0.2) is 11.3 Å². The minimum atomic E-state index is -0.538. The Morgan fingerprint density at radius 1 is 1.09 bits per heavy atom. The predicted octanol–water partition coefficient (Wildman–Crippen LogP) is 5.87. The maximum absolute atomic E-state index is 10.7. The van der Waals surface area contributed by atoms with Crippen molar-refractivity contribution in [3.63, 3.8) is 0 Å². The van der Waals surface area contributed by atoms with Crippen LogP contribution in [0.15, 0.2) is 54.6 Å². The summed E-state index contributed by atoms with van der Waals surface area (Å²) in [5.41, 5.74) is 0. The third kappa shape index (κ3) is 5.79. The zero-order valence-electron chi connectivity index (χ0n) is 12.1. The fourth-order valence-corrected chi connectivity index (χ4v) is 2.26. The molecule has 0 saturated heterocycles. The molecule has 2 aromatic rings. The highest BCUT2D eigenvalue weighted by molar-refractivity contribution is 6.66. The van der Waals surface area contributed by atoms with Gasteiger partial charge in [-0.05, 0) is 73.1 Å². The fourth-order valence-electron chi connectivity index (χ4n) is 1.74. The van der Waals surface area contributed by atoms with Crippen LogP contribution in [0.5, 0.6) is 17.2 Å². The first-order valence-corrected chi connectivity index (χ1v) is 7.85. The molecule has 0 aromatic heterocycles. The first kappa shape index (κ1) is 17.7. The molecule has 0 aliphatic heterocycles. The van der Waals surface area contributed by atoms with E-state index in [1.54, 1.807) is 55.5 Å². The van der Waals surface area contributed by atoms with Gasteiger partial charge < -0.3 is 9.47 Å². The van der Waals surface area contributed by atoms with E-state index in [1.807, 2.05) is 0 Å². The maximum Gasteiger partial charge on any atom is 0.244 e. The molecule has 0 saturated carbocycles. The third-order valence-electron chi connectivity index (χ3n) is 2.77. The van der Waals surface area contributed by atoms with E-state index in [0.717, 1.165) is 0 Å². The molecular weight excluding hydrogens is 359 g/mol. The Kier molecular flexibility index (Phi) is 6.34. The van der Waals surface area contributed by atoms with Crippen molar-refractivity contribution in [2.24, 2.45) is 0 Å². The summed E-state index contributed by atoms with van der Waals surface area (Å²) in [5.74, 6) is 1.76. The van der Waals surface area contributed by atoms with Crippen LogP contribution in [0.3, 0.4) is 0 Å². The lowest BCUT2D eigenvalue weighted by molar-refractivity contribution is -0.107. The molecule has 0 spiro atoms. The summed E-state index contributed by atoms with van der Waals surface area (Å²) >= 11 is 17.1. The minimum Gasteiger partial charge on any atom is -0.487 e. The summed E-state index contributed by atoms with van der Waals surface area (Å²) in [5, 5.41) is 0.440. The lowest BCUT2D eigenvalue weighted by atomic mass is 10.3. The Hall–Kier alpha value is -1.68. The van der Waals surface area contributed by atoms with Gasteiger partial charge in [-0.15, -0.1) is 0 Å². The van der Waals surface area contributed by atoms with E-state index in [0.29, 0.717) is 27.3 Å². The SMILES string of the molecule is CC(/C=C/C(=O)Cl)Oc1ccc(Oc2ccc(Cl)cc2Cl)cc1. The predicted molar refractivity (Wildman–Crippen MR) is 93.1 cm³/mol. The molecule has 120 valence electrons. The maximum atomic E-state index is 10.7. The highest BCUT2D eigenvalue weighted by Gasteiger charge is 2.05. The van der Waals surface area contributed by atoms with Gasteiger partial charge in [0.1, 0.15) is 23.4 Å². The van der Waals surface area contributed by atoms with E-state index < -0.39 is 5.24 Å². The van der Waals surface area contributed by atoms with Gasteiger partial charge in [0, 0.05) is 5.02 Å². The van der Waals surface area contributed by atoms with Crippen LogP contribution in [0.4, 0.5) is 0 Å². The number of halogens is 3. The Balaban J connectivity index is 2.00. The Morgan fingerprint density at radius 3 is 2.35 bits per heavy atom. The van der Waals surface area contributed by atoms with Crippen LogP contribution >= 0.6 is 34.8 Å². The van der Waals surface area contributed by atoms with Crippen molar-refractivity contribution in [3.8, 4) is 17.2 Å². The van der Waals surface area contributed by atoms with Gasteiger partial charge in [-0.3, -0.25) is 4.79 Å². The lowest BCUT2D eigenvalue weighted by Gasteiger charge is -2.12. The molecule has 0 aliphatic rings. The summed E-state index contributed by atoms with van der Waals surface area (Å²) in [6.45, 7) is 1.80. The van der Waals surface area contributed by atoms with E-state index in [1.165, 1.54) is 6.08 Å². The van der Waals surface area contributed by atoms with Crippen LogP contribution in [0.1, 0.15) is 6.92 Å². The fraction of sp³-hybridized carbons (Fsp3) is 0.118. The summed E-state index contributed by atoms with van der Waals surface area (Å²) in [6.07, 6.45) is 2.55. The molecule has 2 rings (SSSR count). The number of hydrogen-bond donors (Lipinski definition) is 0. The second-order valence-corrected chi connectivity index (χ2v) is 5.85. The van der Waals surface area contributed by atoms with Gasteiger partial charge in [0.2, 0.25) is 5.24 Å². The zero-order chi connectivity index (χ0) is 16.8. The number of carbonyl (C=O) groups excluding carboxylic acids is 1. The summed E-state index contributed by atoms with van der Waals surface area (Å²) in [7, 11) is 0. The second kappa shape index (κ2) is 8.25. The van der Waals surface area contributed by atoms with Gasteiger partial charge in [-0.25, -0.2) is 0 Å². The van der Waals surface area contributed by atoms with Crippen molar-refractivity contribution in [3.05, 3.63) is 64.7 Å².